The van der Waals surface area contributed by atoms with Crippen LogP contribution in [0.3, 0.4) is 0 Å². The molecule has 0 aliphatic heterocycles. The van der Waals surface area contributed by atoms with E-state index in [1.807, 2.05) is 34.9 Å². The molecule has 0 unspecified atom stereocenters. The first kappa shape index (κ1) is 19.7. The normalized spacial score (nSPS) is 11.9. The van der Waals surface area contributed by atoms with Gasteiger partial charge in [0.2, 0.25) is 5.28 Å². The second kappa shape index (κ2) is 8.39. The summed E-state index contributed by atoms with van der Waals surface area (Å²) in [7, 11) is 0. The van der Waals surface area contributed by atoms with Crippen molar-refractivity contribution < 1.29 is 14.7 Å². The van der Waals surface area contributed by atoms with Gasteiger partial charge in [-0.2, -0.15) is 0 Å². The number of rotatable bonds is 6. The van der Waals surface area contributed by atoms with Crippen LogP contribution in [0.1, 0.15) is 27.5 Å². The standard InChI is InChI=1S/C23H18ClN3O3/c24-23-25-18-13-17(11-12-19(18)27(23)14-15-7-3-1-4-8-15)21(28)26-20(22(29)30)16-9-5-2-6-10-16/h1-13,20H,14H2,(H,26,28)(H,29,30)/t20-/m0/s1. The first-order chi connectivity index (χ1) is 14.5. The zero-order chi connectivity index (χ0) is 21.1. The van der Waals surface area contributed by atoms with Crippen molar-refractivity contribution in [1.29, 1.82) is 0 Å². The van der Waals surface area contributed by atoms with Crippen molar-refractivity contribution in [2.45, 2.75) is 12.6 Å². The van der Waals surface area contributed by atoms with E-state index in [4.69, 9.17) is 11.6 Å². The molecule has 0 fully saturated rings. The van der Waals surface area contributed by atoms with Crippen LogP contribution in [-0.4, -0.2) is 26.5 Å². The summed E-state index contributed by atoms with van der Waals surface area (Å²) in [4.78, 5) is 28.7. The highest BCUT2D eigenvalue weighted by Crippen LogP contribution is 2.23. The first-order valence-corrected chi connectivity index (χ1v) is 9.69. The predicted octanol–water partition coefficient (Wildman–Crippen LogP) is 4.29. The van der Waals surface area contributed by atoms with Crippen LogP contribution in [0.2, 0.25) is 5.28 Å². The molecule has 7 heteroatoms. The zero-order valence-electron chi connectivity index (χ0n) is 15.8. The molecule has 4 aromatic rings. The Balaban J connectivity index is 1.60. The molecule has 1 amide bonds. The average Bonchev–Trinajstić information content (AvgIpc) is 3.07. The number of benzene rings is 3. The SMILES string of the molecule is O=C(N[C@H](C(=O)O)c1ccccc1)c1ccc2c(c1)nc(Cl)n2Cc1ccccc1. The van der Waals surface area contributed by atoms with Gasteiger partial charge in [0.1, 0.15) is 0 Å². The van der Waals surface area contributed by atoms with E-state index in [1.54, 1.807) is 48.5 Å². The molecule has 3 aromatic carbocycles. The Kier molecular flexibility index (Phi) is 5.50. The number of carbonyl (C=O) groups is 2. The molecule has 6 nitrogen and oxygen atoms in total. The lowest BCUT2D eigenvalue weighted by Gasteiger charge is -2.15. The molecule has 0 aliphatic carbocycles. The topological polar surface area (TPSA) is 84.2 Å². The maximum Gasteiger partial charge on any atom is 0.330 e. The molecule has 2 N–H and O–H groups in total. The molecule has 0 bridgehead atoms. The van der Waals surface area contributed by atoms with Gasteiger partial charge in [0, 0.05) is 5.56 Å². The maximum atomic E-state index is 12.7. The largest absolute Gasteiger partial charge is 0.479 e. The highest BCUT2D eigenvalue weighted by atomic mass is 35.5. The smallest absolute Gasteiger partial charge is 0.330 e. The number of amides is 1. The minimum Gasteiger partial charge on any atom is -0.479 e. The molecular formula is C23H18ClN3O3. The summed E-state index contributed by atoms with van der Waals surface area (Å²) in [5, 5.41) is 12.4. The van der Waals surface area contributed by atoms with Gasteiger partial charge in [-0.25, -0.2) is 9.78 Å². The van der Waals surface area contributed by atoms with Crippen LogP contribution in [0.4, 0.5) is 0 Å². The molecule has 1 heterocycles. The van der Waals surface area contributed by atoms with Crippen LogP contribution in [0, 0.1) is 0 Å². The Morgan fingerprint density at radius 1 is 1.00 bits per heavy atom. The summed E-state index contributed by atoms with van der Waals surface area (Å²) in [6, 6.07) is 22.3. The lowest BCUT2D eigenvalue weighted by Crippen LogP contribution is -2.33. The van der Waals surface area contributed by atoms with Crippen molar-refractivity contribution in [3.63, 3.8) is 0 Å². The predicted molar refractivity (Wildman–Crippen MR) is 115 cm³/mol. The number of halogens is 1. The molecule has 30 heavy (non-hydrogen) atoms. The summed E-state index contributed by atoms with van der Waals surface area (Å²) < 4.78 is 1.86. The van der Waals surface area contributed by atoms with Gasteiger partial charge < -0.3 is 15.0 Å². The molecular weight excluding hydrogens is 402 g/mol. The van der Waals surface area contributed by atoms with Crippen LogP contribution < -0.4 is 5.32 Å². The fourth-order valence-corrected chi connectivity index (χ4v) is 3.55. The van der Waals surface area contributed by atoms with Crippen LogP contribution in [0.25, 0.3) is 11.0 Å². The lowest BCUT2D eigenvalue weighted by atomic mass is 10.1. The third-order valence-corrected chi connectivity index (χ3v) is 5.09. The molecule has 0 aliphatic rings. The molecule has 1 atom stereocenters. The summed E-state index contributed by atoms with van der Waals surface area (Å²) in [6.45, 7) is 0.552. The van der Waals surface area contributed by atoms with Gasteiger partial charge in [-0.3, -0.25) is 4.79 Å². The minimum absolute atomic E-state index is 0.311. The zero-order valence-corrected chi connectivity index (χ0v) is 16.6. The van der Waals surface area contributed by atoms with Crippen LogP contribution in [0.5, 0.6) is 0 Å². The van der Waals surface area contributed by atoms with Gasteiger partial charge in [-0.05, 0) is 40.9 Å². The summed E-state index contributed by atoms with van der Waals surface area (Å²) in [5.41, 5.74) is 3.24. The Labute approximate surface area is 177 Å². The molecule has 4 rings (SSSR count). The number of nitrogens with one attached hydrogen (secondary N) is 1. The summed E-state index contributed by atoms with van der Waals surface area (Å²) >= 11 is 6.33. The number of carbonyl (C=O) groups excluding carboxylic acids is 1. The summed E-state index contributed by atoms with van der Waals surface area (Å²) in [5.74, 6) is -1.63. The molecule has 0 radical (unpaired) electrons. The quantitative estimate of drug-likeness (QED) is 0.488. The van der Waals surface area contributed by atoms with Crippen LogP contribution >= 0.6 is 11.6 Å². The monoisotopic (exact) mass is 419 g/mol. The number of aromatic nitrogens is 2. The van der Waals surface area contributed by atoms with E-state index in [2.05, 4.69) is 10.3 Å². The van der Waals surface area contributed by atoms with Gasteiger partial charge >= 0.3 is 5.97 Å². The van der Waals surface area contributed by atoms with Crippen molar-refractivity contribution >= 4 is 34.5 Å². The molecule has 0 saturated heterocycles. The second-order valence-electron chi connectivity index (χ2n) is 6.81. The number of hydrogen-bond acceptors (Lipinski definition) is 3. The third kappa shape index (κ3) is 4.04. The van der Waals surface area contributed by atoms with Crippen LogP contribution in [0.15, 0.2) is 78.9 Å². The second-order valence-corrected chi connectivity index (χ2v) is 7.15. The van der Waals surface area contributed by atoms with Crippen molar-refractivity contribution in [3.8, 4) is 0 Å². The molecule has 0 saturated carbocycles. The molecule has 1 aromatic heterocycles. The van der Waals surface area contributed by atoms with Crippen molar-refractivity contribution in [1.82, 2.24) is 14.9 Å². The highest BCUT2D eigenvalue weighted by Gasteiger charge is 2.23. The van der Waals surface area contributed by atoms with Gasteiger partial charge in [0.05, 0.1) is 17.6 Å². The van der Waals surface area contributed by atoms with Crippen LogP contribution in [-0.2, 0) is 11.3 Å². The van der Waals surface area contributed by atoms with Crippen molar-refractivity contribution in [2.75, 3.05) is 0 Å². The lowest BCUT2D eigenvalue weighted by molar-refractivity contribution is -0.139. The van der Waals surface area contributed by atoms with E-state index in [-0.39, 0.29) is 0 Å². The number of fused-ring (bicyclic) bond motifs is 1. The van der Waals surface area contributed by atoms with Gasteiger partial charge in [0.25, 0.3) is 5.91 Å². The molecule has 0 spiro atoms. The van der Waals surface area contributed by atoms with E-state index in [1.165, 1.54) is 0 Å². The average molecular weight is 420 g/mol. The minimum atomic E-state index is -1.14. The van der Waals surface area contributed by atoms with Gasteiger partial charge in [-0.15, -0.1) is 0 Å². The highest BCUT2D eigenvalue weighted by molar-refractivity contribution is 6.29. The Hall–Kier alpha value is -3.64. The van der Waals surface area contributed by atoms with Crippen molar-refractivity contribution in [2.24, 2.45) is 0 Å². The fraction of sp³-hybridized carbons (Fsp3) is 0.0870. The van der Waals surface area contributed by atoms with Gasteiger partial charge in [0.15, 0.2) is 6.04 Å². The maximum absolute atomic E-state index is 12.7. The number of hydrogen-bond donors (Lipinski definition) is 2. The third-order valence-electron chi connectivity index (χ3n) is 4.80. The number of carboxylic acids is 1. The van der Waals surface area contributed by atoms with E-state index >= 15 is 0 Å². The van der Waals surface area contributed by atoms with Gasteiger partial charge in [-0.1, -0.05) is 60.7 Å². The Morgan fingerprint density at radius 3 is 2.33 bits per heavy atom. The van der Waals surface area contributed by atoms with E-state index in [9.17, 15) is 14.7 Å². The molecule has 150 valence electrons. The number of imidazole rings is 1. The summed E-state index contributed by atoms with van der Waals surface area (Å²) in [6.07, 6.45) is 0. The number of carboxylic acid groups (broad SMARTS) is 1. The van der Waals surface area contributed by atoms with E-state index in [0.717, 1.165) is 11.1 Å². The first-order valence-electron chi connectivity index (χ1n) is 9.31. The van der Waals surface area contributed by atoms with E-state index < -0.39 is 17.9 Å². The van der Waals surface area contributed by atoms with Crippen molar-refractivity contribution in [3.05, 3.63) is 101 Å². The Bertz CT molecular complexity index is 1210. The Morgan fingerprint density at radius 2 is 1.67 bits per heavy atom. The fourth-order valence-electron chi connectivity index (χ4n) is 3.31. The number of nitrogens with zero attached hydrogens (tertiary/aromatic N) is 2. The van der Waals surface area contributed by atoms with E-state index in [0.29, 0.717) is 28.5 Å². The number of aliphatic carboxylic acids is 1.